The van der Waals surface area contributed by atoms with Crippen LogP contribution in [-0.4, -0.2) is 37.8 Å². The minimum Gasteiger partial charge on any atom is -0.377 e. The lowest BCUT2D eigenvalue weighted by atomic mass is 10.2. The van der Waals surface area contributed by atoms with Crippen molar-refractivity contribution in [2.45, 2.75) is 30.8 Å². The molecule has 3 aromatic rings. The zero-order valence-electron chi connectivity index (χ0n) is 15.0. The van der Waals surface area contributed by atoms with Crippen LogP contribution in [0.1, 0.15) is 17.7 Å². The number of rotatable bonds is 6. The molecule has 1 atom stereocenters. The zero-order chi connectivity index (χ0) is 19.7. The SMILES string of the molecule is Cc1sc(-c2nc(-c3cccc(Cl)c3)no2)cc1S(=O)(=O)NCC1CCCO1. The monoisotopic (exact) mass is 439 g/mol. The lowest BCUT2D eigenvalue weighted by Gasteiger charge is -2.11. The van der Waals surface area contributed by atoms with Gasteiger partial charge in [0.15, 0.2) is 0 Å². The molecule has 1 aliphatic rings. The van der Waals surface area contributed by atoms with E-state index in [0.29, 0.717) is 27.2 Å². The third-order valence-electron chi connectivity index (χ3n) is 4.41. The van der Waals surface area contributed by atoms with Crippen molar-refractivity contribution >= 4 is 33.0 Å². The third-order valence-corrected chi connectivity index (χ3v) is 7.36. The summed E-state index contributed by atoms with van der Waals surface area (Å²) in [6.45, 7) is 2.70. The molecule has 1 N–H and O–H groups in total. The molecule has 2 aromatic heterocycles. The van der Waals surface area contributed by atoms with Crippen molar-refractivity contribution in [3.63, 3.8) is 0 Å². The van der Waals surface area contributed by atoms with E-state index in [9.17, 15) is 8.42 Å². The molecule has 10 heteroatoms. The molecule has 0 aliphatic carbocycles. The van der Waals surface area contributed by atoms with Crippen molar-refractivity contribution in [2.75, 3.05) is 13.2 Å². The number of aromatic nitrogens is 2. The first-order valence-electron chi connectivity index (χ1n) is 8.74. The first-order chi connectivity index (χ1) is 13.4. The summed E-state index contributed by atoms with van der Waals surface area (Å²) < 4.78 is 38.8. The molecular formula is C18H18ClN3O4S2. The maximum atomic E-state index is 12.7. The fourth-order valence-corrected chi connectivity index (χ4v) is 5.76. The average molecular weight is 440 g/mol. The smallest absolute Gasteiger partial charge is 0.268 e. The second-order valence-corrected chi connectivity index (χ2v) is 9.88. The number of benzene rings is 1. The van der Waals surface area contributed by atoms with E-state index in [2.05, 4.69) is 14.9 Å². The highest BCUT2D eigenvalue weighted by atomic mass is 35.5. The minimum atomic E-state index is -3.64. The van der Waals surface area contributed by atoms with Crippen LogP contribution < -0.4 is 4.72 Å². The Labute approximate surface area is 171 Å². The average Bonchev–Trinajstić information content (AvgIpc) is 3.40. The van der Waals surface area contributed by atoms with Crippen LogP contribution in [0.4, 0.5) is 0 Å². The summed E-state index contributed by atoms with van der Waals surface area (Å²) in [5.41, 5.74) is 0.724. The Morgan fingerprint density at radius 1 is 1.36 bits per heavy atom. The van der Waals surface area contributed by atoms with Gasteiger partial charge < -0.3 is 9.26 Å². The Morgan fingerprint density at radius 2 is 2.21 bits per heavy atom. The second-order valence-electron chi connectivity index (χ2n) is 6.45. The van der Waals surface area contributed by atoms with Crippen molar-refractivity contribution in [1.29, 1.82) is 0 Å². The van der Waals surface area contributed by atoms with Crippen molar-refractivity contribution in [1.82, 2.24) is 14.9 Å². The van der Waals surface area contributed by atoms with Crippen molar-refractivity contribution in [3.05, 3.63) is 40.2 Å². The number of nitrogens with zero attached hydrogens (tertiary/aromatic N) is 2. The van der Waals surface area contributed by atoms with Crippen molar-refractivity contribution < 1.29 is 17.7 Å². The van der Waals surface area contributed by atoms with Gasteiger partial charge in [0, 0.05) is 28.6 Å². The molecule has 7 nitrogen and oxygen atoms in total. The Hall–Kier alpha value is -1.78. The van der Waals surface area contributed by atoms with Crippen LogP contribution in [0.15, 0.2) is 39.8 Å². The van der Waals surface area contributed by atoms with E-state index in [1.165, 1.54) is 11.3 Å². The lowest BCUT2D eigenvalue weighted by molar-refractivity contribution is 0.114. The number of thiophene rings is 1. The van der Waals surface area contributed by atoms with Gasteiger partial charge in [0.1, 0.15) is 0 Å². The summed E-state index contributed by atoms with van der Waals surface area (Å²) >= 11 is 7.29. The number of ether oxygens (including phenoxy) is 1. The highest BCUT2D eigenvalue weighted by molar-refractivity contribution is 7.89. The summed E-state index contributed by atoms with van der Waals surface area (Å²) in [6.07, 6.45) is 1.76. The molecule has 0 amide bonds. The fraction of sp³-hybridized carbons (Fsp3) is 0.333. The van der Waals surface area contributed by atoms with Crippen LogP contribution in [0.2, 0.25) is 5.02 Å². The molecular weight excluding hydrogens is 422 g/mol. The van der Waals surface area contributed by atoms with Gasteiger partial charge in [-0.05, 0) is 38.0 Å². The summed E-state index contributed by atoms with van der Waals surface area (Å²) in [5, 5.41) is 4.54. The Balaban J connectivity index is 1.56. The van der Waals surface area contributed by atoms with E-state index in [1.807, 2.05) is 6.07 Å². The number of nitrogens with one attached hydrogen (secondary N) is 1. The van der Waals surface area contributed by atoms with E-state index in [-0.39, 0.29) is 23.4 Å². The topological polar surface area (TPSA) is 94.3 Å². The molecule has 0 spiro atoms. The maximum absolute atomic E-state index is 12.7. The van der Waals surface area contributed by atoms with Gasteiger partial charge in [0.25, 0.3) is 5.89 Å². The second kappa shape index (κ2) is 7.92. The Morgan fingerprint density at radius 3 is 2.96 bits per heavy atom. The molecule has 148 valence electrons. The fourth-order valence-electron chi connectivity index (χ4n) is 2.99. The standard InChI is InChI=1S/C18H18ClN3O4S2/c1-11-16(28(23,24)20-10-14-6-3-7-25-14)9-15(27-11)18-21-17(22-26-18)12-4-2-5-13(19)8-12/h2,4-5,8-9,14,20H,3,6-7,10H2,1H3. The molecule has 3 heterocycles. The molecule has 1 saturated heterocycles. The van der Waals surface area contributed by atoms with Crippen LogP contribution >= 0.6 is 22.9 Å². The minimum absolute atomic E-state index is 0.0654. The van der Waals surface area contributed by atoms with Crippen molar-refractivity contribution in [3.8, 4) is 22.2 Å². The lowest BCUT2D eigenvalue weighted by Crippen LogP contribution is -2.31. The number of halogens is 1. The number of sulfonamides is 1. The first-order valence-corrected chi connectivity index (χ1v) is 11.4. The predicted molar refractivity (Wildman–Crippen MR) is 107 cm³/mol. The summed E-state index contributed by atoms with van der Waals surface area (Å²) in [5.74, 6) is 0.660. The van der Waals surface area contributed by atoms with Gasteiger partial charge in [-0.1, -0.05) is 28.9 Å². The van der Waals surface area contributed by atoms with Crippen LogP contribution in [0.25, 0.3) is 22.2 Å². The van der Waals surface area contributed by atoms with Gasteiger partial charge in [-0.15, -0.1) is 11.3 Å². The molecule has 4 rings (SSSR count). The molecule has 0 radical (unpaired) electrons. The molecule has 0 saturated carbocycles. The van der Waals surface area contributed by atoms with Crippen molar-refractivity contribution in [2.24, 2.45) is 0 Å². The van der Waals surface area contributed by atoms with Crippen LogP contribution in [-0.2, 0) is 14.8 Å². The highest BCUT2D eigenvalue weighted by Crippen LogP contribution is 2.33. The molecule has 1 unspecified atom stereocenters. The normalized spacial score (nSPS) is 17.3. The maximum Gasteiger partial charge on any atom is 0.268 e. The molecule has 1 aromatic carbocycles. The van der Waals surface area contributed by atoms with Gasteiger partial charge in [0.2, 0.25) is 15.8 Å². The Kier molecular flexibility index (Phi) is 5.52. The summed E-state index contributed by atoms with van der Waals surface area (Å²) in [6, 6.07) is 8.68. The van der Waals surface area contributed by atoms with Gasteiger partial charge in [-0.2, -0.15) is 4.98 Å². The van der Waals surface area contributed by atoms with Crippen LogP contribution in [0.5, 0.6) is 0 Å². The van der Waals surface area contributed by atoms with E-state index in [0.717, 1.165) is 18.4 Å². The van der Waals surface area contributed by atoms with E-state index >= 15 is 0 Å². The van der Waals surface area contributed by atoms with Crippen LogP contribution in [0.3, 0.4) is 0 Å². The largest absolute Gasteiger partial charge is 0.377 e. The van der Waals surface area contributed by atoms with Gasteiger partial charge in [0.05, 0.1) is 15.9 Å². The van der Waals surface area contributed by atoms with Gasteiger partial charge >= 0.3 is 0 Å². The summed E-state index contributed by atoms with van der Waals surface area (Å²) in [4.78, 5) is 5.84. The zero-order valence-corrected chi connectivity index (χ0v) is 17.4. The van der Waals surface area contributed by atoms with Gasteiger partial charge in [-0.3, -0.25) is 0 Å². The summed E-state index contributed by atoms with van der Waals surface area (Å²) in [7, 11) is -3.64. The number of hydrogen-bond acceptors (Lipinski definition) is 7. The molecule has 28 heavy (non-hydrogen) atoms. The van der Waals surface area contributed by atoms with E-state index in [1.54, 1.807) is 31.2 Å². The predicted octanol–water partition coefficient (Wildman–Crippen LogP) is 3.88. The van der Waals surface area contributed by atoms with E-state index < -0.39 is 10.0 Å². The third kappa shape index (κ3) is 4.13. The Bertz CT molecular complexity index is 1090. The number of hydrogen-bond donors (Lipinski definition) is 1. The first kappa shape index (κ1) is 19.5. The van der Waals surface area contributed by atoms with Crippen LogP contribution in [0, 0.1) is 6.92 Å². The van der Waals surface area contributed by atoms with Gasteiger partial charge in [-0.25, -0.2) is 13.1 Å². The molecule has 1 aliphatic heterocycles. The molecule has 0 bridgehead atoms. The quantitative estimate of drug-likeness (QED) is 0.626. The number of aryl methyl sites for hydroxylation is 1. The highest BCUT2D eigenvalue weighted by Gasteiger charge is 2.25. The van der Waals surface area contributed by atoms with E-state index in [4.69, 9.17) is 20.9 Å². The molecule has 1 fully saturated rings.